The second kappa shape index (κ2) is 9.06. The molecule has 2 amide bonds. The first-order valence-corrected chi connectivity index (χ1v) is 11.5. The molecule has 0 radical (unpaired) electrons. The van der Waals surface area contributed by atoms with Crippen LogP contribution in [0.2, 0.25) is 5.02 Å². The van der Waals surface area contributed by atoms with Gasteiger partial charge < -0.3 is 5.32 Å². The Morgan fingerprint density at radius 3 is 2.25 bits per heavy atom. The Kier molecular flexibility index (Phi) is 6.21. The molecule has 0 saturated carbocycles. The SMILES string of the molecule is CSC1=NC(C)(c2ccc(C(=O)Nc3ccc(Cl)cc3)cc2)C(=O)N1Nc1ccccc1. The number of carbonyl (C=O) groups is 2. The maximum atomic E-state index is 13.3. The summed E-state index contributed by atoms with van der Waals surface area (Å²) >= 11 is 7.28. The van der Waals surface area contributed by atoms with Gasteiger partial charge in [-0.3, -0.25) is 15.0 Å². The number of amidine groups is 1. The van der Waals surface area contributed by atoms with Crippen molar-refractivity contribution in [2.75, 3.05) is 17.0 Å². The van der Waals surface area contributed by atoms with Crippen LogP contribution in [-0.4, -0.2) is 28.2 Å². The number of hydrazine groups is 1. The van der Waals surface area contributed by atoms with Crippen molar-refractivity contribution in [2.24, 2.45) is 4.99 Å². The van der Waals surface area contributed by atoms with Crippen molar-refractivity contribution in [3.8, 4) is 0 Å². The number of hydrogen-bond donors (Lipinski definition) is 2. The number of amides is 2. The highest BCUT2D eigenvalue weighted by Gasteiger charge is 2.46. The Hall–Kier alpha value is -3.29. The quantitative estimate of drug-likeness (QED) is 0.530. The molecule has 32 heavy (non-hydrogen) atoms. The number of aliphatic imine (C=N–C) groups is 1. The van der Waals surface area contributed by atoms with Gasteiger partial charge in [0.15, 0.2) is 10.7 Å². The highest BCUT2D eigenvalue weighted by molar-refractivity contribution is 8.13. The third-order valence-corrected chi connectivity index (χ3v) is 6.03. The zero-order valence-corrected chi connectivity index (χ0v) is 19.1. The fourth-order valence-electron chi connectivity index (χ4n) is 3.34. The van der Waals surface area contributed by atoms with Gasteiger partial charge >= 0.3 is 0 Å². The fraction of sp³-hybridized carbons (Fsp3) is 0.125. The van der Waals surface area contributed by atoms with Gasteiger partial charge in [0.1, 0.15) is 0 Å². The Labute approximate surface area is 195 Å². The summed E-state index contributed by atoms with van der Waals surface area (Å²) in [5.74, 6) is -0.438. The number of benzene rings is 3. The predicted octanol–water partition coefficient (Wildman–Crippen LogP) is 5.40. The topological polar surface area (TPSA) is 73.8 Å². The minimum Gasteiger partial charge on any atom is -0.322 e. The monoisotopic (exact) mass is 464 g/mol. The molecule has 0 fully saturated rings. The van der Waals surface area contributed by atoms with E-state index in [0.717, 1.165) is 5.69 Å². The van der Waals surface area contributed by atoms with E-state index in [0.29, 0.717) is 27.0 Å². The minimum absolute atomic E-state index is 0.191. The highest BCUT2D eigenvalue weighted by Crippen LogP contribution is 2.35. The molecule has 0 aliphatic carbocycles. The van der Waals surface area contributed by atoms with Crippen LogP contribution in [0.1, 0.15) is 22.8 Å². The number of nitrogens with zero attached hydrogens (tertiary/aromatic N) is 2. The van der Waals surface area contributed by atoms with E-state index in [4.69, 9.17) is 16.6 Å². The number of halogens is 1. The number of para-hydroxylation sites is 1. The second-order valence-electron chi connectivity index (χ2n) is 7.33. The van der Waals surface area contributed by atoms with Crippen LogP contribution < -0.4 is 10.7 Å². The number of rotatable bonds is 5. The van der Waals surface area contributed by atoms with Gasteiger partial charge in [0.05, 0.1) is 5.69 Å². The van der Waals surface area contributed by atoms with Crippen LogP contribution in [0.3, 0.4) is 0 Å². The summed E-state index contributed by atoms with van der Waals surface area (Å²) in [6.45, 7) is 1.78. The largest absolute Gasteiger partial charge is 0.322 e. The van der Waals surface area contributed by atoms with Crippen LogP contribution in [0.4, 0.5) is 11.4 Å². The first-order chi connectivity index (χ1) is 15.4. The van der Waals surface area contributed by atoms with Crippen molar-refractivity contribution in [3.05, 3.63) is 95.0 Å². The van der Waals surface area contributed by atoms with E-state index in [-0.39, 0.29) is 11.8 Å². The second-order valence-corrected chi connectivity index (χ2v) is 8.54. The smallest absolute Gasteiger partial charge is 0.279 e. The van der Waals surface area contributed by atoms with Gasteiger partial charge in [-0.25, -0.2) is 4.99 Å². The lowest BCUT2D eigenvalue weighted by Crippen LogP contribution is -2.42. The van der Waals surface area contributed by atoms with Crippen molar-refractivity contribution in [2.45, 2.75) is 12.5 Å². The van der Waals surface area contributed by atoms with Crippen molar-refractivity contribution in [3.63, 3.8) is 0 Å². The van der Waals surface area contributed by atoms with E-state index in [9.17, 15) is 9.59 Å². The number of carbonyl (C=O) groups excluding carboxylic acids is 2. The molecule has 0 spiro atoms. The molecule has 1 aliphatic rings. The van der Waals surface area contributed by atoms with Gasteiger partial charge in [0.2, 0.25) is 0 Å². The van der Waals surface area contributed by atoms with Gasteiger partial charge in [-0.1, -0.05) is 53.7 Å². The molecule has 0 bridgehead atoms. The molecule has 6 nitrogen and oxygen atoms in total. The summed E-state index contributed by atoms with van der Waals surface area (Å²) in [4.78, 5) is 30.6. The lowest BCUT2D eigenvalue weighted by Gasteiger charge is -2.24. The number of nitrogens with one attached hydrogen (secondary N) is 2. The van der Waals surface area contributed by atoms with Crippen LogP contribution in [0.5, 0.6) is 0 Å². The molecule has 0 aromatic heterocycles. The normalized spacial score (nSPS) is 17.8. The van der Waals surface area contributed by atoms with E-state index < -0.39 is 5.54 Å². The molecule has 162 valence electrons. The van der Waals surface area contributed by atoms with E-state index in [1.807, 2.05) is 36.6 Å². The van der Waals surface area contributed by atoms with Gasteiger partial charge in [0, 0.05) is 16.3 Å². The van der Waals surface area contributed by atoms with Gasteiger partial charge in [-0.15, -0.1) is 0 Å². The Morgan fingerprint density at radius 1 is 0.969 bits per heavy atom. The number of anilines is 2. The van der Waals surface area contributed by atoms with Crippen molar-refractivity contribution < 1.29 is 9.59 Å². The van der Waals surface area contributed by atoms with Crippen molar-refractivity contribution in [1.82, 2.24) is 5.01 Å². The Morgan fingerprint density at radius 2 is 1.62 bits per heavy atom. The maximum Gasteiger partial charge on any atom is 0.279 e. The Balaban J connectivity index is 1.53. The predicted molar refractivity (Wildman–Crippen MR) is 131 cm³/mol. The first kappa shape index (κ1) is 21.9. The van der Waals surface area contributed by atoms with Crippen molar-refractivity contribution >= 4 is 51.7 Å². The number of thioether (sulfide) groups is 1. The molecule has 8 heteroatoms. The van der Waals surface area contributed by atoms with Gasteiger partial charge in [-0.05, 0) is 67.3 Å². The summed E-state index contributed by atoms with van der Waals surface area (Å²) < 4.78 is 0. The van der Waals surface area contributed by atoms with E-state index >= 15 is 0 Å². The van der Waals surface area contributed by atoms with Crippen molar-refractivity contribution in [1.29, 1.82) is 0 Å². The van der Waals surface area contributed by atoms with E-state index in [1.54, 1.807) is 55.5 Å². The zero-order valence-electron chi connectivity index (χ0n) is 17.5. The van der Waals surface area contributed by atoms with Crippen LogP contribution in [0.25, 0.3) is 0 Å². The Bertz CT molecular complexity index is 1170. The molecule has 1 heterocycles. The molecule has 2 N–H and O–H groups in total. The molecule has 0 saturated heterocycles. The standard InChI is InChI=1S/C24H21ClN4O2S/c1-24(22(31)29(23(27-24)32-2)28-20-6-4-3-5-7-20)17-10-8-16(9-11-17)21(30)26-19-14-12-18(25)13-15-19/h3-15,28H,1-2H3,(H,26,30). The first-order valence-electron chi connectivity index (χ1n) is 9.88. The van der Waals surface area contributed by atoms with E-state index in [1.165, 1.54) is 16.8 Å². The van der Waals surface area contributed by atoms with Crippen LogP contribution in [-0.2, 0) is 10.3 Å². The van der Waals surface area contributed by atoms with Gasteiger partial charge in [-0.2, -0.15) is 5.01 Å². The molecule has 3 aromatic carbocycles. The third kappa shape index (κ3) is 4.35. The molecular formula is C24H21ClN4O2S. The average molecular weight is 465 g/mol. The summed E-state index contributed by atoms with van der Waals surface area (Å²) in [6, 6.07) is 23.3. The lowest BCUT2D eigenvalue weighted by molar-refractivity contribution is -0.129. The molecular weight excluding hydrogens is 444 g/mol. The summed E-state index contributed by atoms with van der Waals surface area (Å²) in [5.41, 5.74) is 4.67. The molecule has 4 rings (SSSR count). The summed E-state index contributed by atoms with van der Waals surface area (Å²) in [7, 11) is 0. The summed E-state index contributed by atoms with van der Waals surface area (Å²) in [6.07, 6.45) is 1.88. The highest BCUT2D eigenvalue weighted by atomic mass is 35.5. The van der Waals surface area contributed by atoms with Crippen LogP contribution in [0.15, 0.2) is 83.9 Å². The zero-order chi connectivity index (χ0) is 22.7. The third-order valence-electron chi connectivity index (χ3n) is 5.14. The average Bonchev–Trinajstić information content (AvgIpc) is 3.07. The van der Waals surface area contributed by atoms with Crippen LogP contribution in [0, 0.1) is 0 Å². The van der Waals surface area contributed by atoms with Gasteiger partial charge in [0.25, 0.3) is 11.8 Å². The van der Waals surface area contributed by atoms with E-state index in [2.05, 4.69) is 10.7 Å². The molecule has 1 atom stereocenters. The van der Waals surface area contributed by atoms with Crippen LogP contribution >= 0.6 is 23.4 Å². The number of hydrogen-bond acceptors (Lipinski definition) is 5. The molecule has 1 unspecified atom stereocenters. The fourth-order valence-corrected chi connectivity index (χ4v) is 4.05. The summed E-state index contributed by atoms with van der Waals surface area (Å²) in [5, 5.41) is 5.48. The minimum atomic E-state index is -1.09. The lowest BCUT2D eigenvalue weighted by atomic mass is 9.91. The molecule has 3 aromatic rings. The molecule has 1 aliphatic heterocycles. The maximum absolute atomic E-state index is 13.3.